The fourth-order valence-corrected chi connectivity index (χ4v) is 13.0. The molecule has 16 rings (SSSR count). The number of pyridine rings is 3. The summed E-state index contributed by atoms with van der Waals surface area (Å²) in [6.45, 7) is 0. The van der Waals surface area contributed by atoms with Gasteiger partial charge in [-0.25, -0.2) is 0 Å². The van der Waals surface area contributed by atoms with Crippen LogP contribution < -0.4 is 8.97 Å². The Hall–Kier alpha value is -7.82. The van der Waals surface area contributed by atoms with Crippen LogP contribution in [0.5, 0.6) is 0 Å². The third kappa shape index (κ3) is 2.97. The molecule has 0 amide bonds. The molecule has 1 aliphatic carbocycles. The lowest BCUT2D eigenvalue weighted by molar-refractivity contribution is -0.733. The second-order valence-electron chi connectivity index (χ2n) is 17.2. The van der Waals surface area contributed by atoms with Crippen LogP contribution in [0.15, 0.2) is 194 Å². The van der Waals surface area contributed by atoms with Gasteiger partial charge in [0.25, 0.3) is 0 Å². The molecule has 3 aliphatic heterocycles. The third-order valence-electron chi connectivity index (χ3n) is 14.9. The number of rotatable bonds is 1. The molecule has 4 aliphatic rings. The Morgan fingerprint density at radius 3 is 1.98 bits per heavy atom. The molecule has 0 saturated carbocycles. The van der Waals surface area contributed by atoms with Crippen molar-refractivity contribution in [2.45, 2.75) is 11.1 Å². The summed E-state index contributed by atoms with van der Waals surface area (Å²) in [5.74, 6) is 0. The first-order valence-corrected chi connectivity index (χ1v) is 21.0. The quantitative estimate of drug-likeness (QED) is 0.117. The molecular weight excluding hydrogens is 729 g/mol. The Bertz CT molecular complexity index is 3970. The zero-order valence-corrected chi connectivity index (χ0v) is 32.3. The lowest BCUT2D eigenvalue weighted by Crippen LogP contribution is -2.62. The number of benzene rings is 7. The zero-order chi connectivity index (χ0) is 38.6. The number of fused-ring (bicyclic) bond motifs is 18. The molecule has 4 nitrogen and oxygen atoms in total. The Morgan fingerprint density at radius 2 is 1.13 bits per heavy atom. The standard InChI is InChI=1S/C56H32N4/c1-2-15-33(16-3-1)58-46-26-10-6-19-36(46)40-31-41-37-28-29-50-55(42-22-8-4-17-34(42)35-18-5-9-23-43(35)55)44-24-14-21-38-45-25-12-13-30-57(45)56(51(38)44)52-39-20-7-11-27-47(39)59(49(41)32-48(40)58)54(52)53(37)60(50)56/h1-32H/q+2. The smallest absolute Gasteiger partial charge is 0.309 e. The van der Waals surface area contributed by atoms with E-state index in [4.69, 9.17) is 0 Å². The lowest BCUT2D eigenvalue weighted by Gasteiger charge is -2.44. The van der Waals surface area contributed by atoms with Crippen LogP contribution in [0.1, 0.15) is 33.5 Å². The molecule has 5 aromatic heterocycles. The van der Waals surface area contributed by atoms with Crippen LogP contribution in [-0.4, -0.2) is 9.13 Å². The largest absolute Gasteiger partial charge is 0.309 e. The van der Waals surface area contributed by atoms with Crippen molar-refractivity contribution in [3.8, 4) is 28.1 Å². The fraction of sp³-hybridized carbons (Fsp3) is 0.0357. The van der Waals surface area contributed by atoms with Gasteiger partial charge < -0.3 is 4.57 Å². The first kappa shape index (κ1) is 30.3. The molecule has 12 aromatic rings. The first-order chi connectivity index (χ1) is 29.8. The molecule has 274 valence electrons. The highest BCUT2D eigenvalue weighted by atomic mass is 15.3. The number of para-hydroxylation sites is 3. The van der Waals surface area contributed by atoms with Crippen molar-refractivity contribution >= 4 is 60.0 Å². The van der Waals surface area contributed by atoms with E-state index in [1.54, 1.807) is 0 Å². The van der Waals surface area contributed by atoms with Gasteiger partial charge >= 0.3 is 5.66 Å². The van der Waals surface area contributed by atoms with E-state index in [1.165, 1.54) is 122 Å². The van der Waals surface area contributed by atoms with Gasteiger partial charge in [0.2, 0.25) is 22.2 Å². The second-order valence-corrected chi connectivity index (χ2v) is 17.2. The second kappa shape index (κ2) is 9.89. The van der Waals surface area contributed by atoms with Gasteiger partial charge in [0.1, 0.15) is 11.1 Å². The average molecular weight is 761 g/mol. The van der Waals surface area contributed by atoms with E-state index in [2.05, 4.69) is 212 Å². The summed E-state index contributed by atoms with van der Waals surface area (Å²) in [5.41, 5.74) is 20.8. The van der Waals surface area contributed by atoms with E-state index < -0.39 is 11.1 Å². The maximum atomic E-state index is 2.82. The van der Waals surface area contributed by atoms with Crippen molar-refractivity contribution in [1.29, 1.82) is 0 Å². The average Bonchev–Trinajstić information content (AvgIpc) is 4.08. The molecule has 0 bridgehead atoms. The van der Waals surface area contributed by atoms with Gasteiger partial charge in [-0.15, -0.1) is 0 Å². The van der Waals surface area contributed by atoms with Crippen LogP contribution >= 0.6 is 0 Å². The minimum atomic E-state index is -0.658. The van der Waals surface area contributed by atoms with Gasteiger partial charge in [0.15, 0.2) is 6.20 Å². The van der Waals surface area contributed by atoms with Crippen LogP contribution in [0.3, 0.4) is 0 Å². The molecule has 0 fully saturated rings. The Balaban J connectivity index is 1.20. The molecule has 1 atom stereocenters. The van der Waals surface area contributed by atoms with E-state index >= 15 is 0 Å². The highest BCUT2D eigenvalue weighted by molar-refractivity contribution is 6.20. The van der Waals surface area contributed by atoms with Crippen molar-refractivity contribution in [3.63, 3.8) is 0 Å². The SMILES string of the molecule is c1ccc(-n2c3ccccc3c3cc4c5ccc6n7c5c5c(c8ccccc8[n+]5c4cc32)C72c3c(cccc3C63c4ccccc4-c4ccccc43)-c3cccc[n+]32)cc1. The molecule has 0 radical (unpaired) electrons. The number of hydrogen-bond donors (Lipinski definition) is 0. The van der Waals surface area contributed by atoms with Gasteiger partial charge in [-0.1, -0.05) is 109 Å². The minimum Gasteiger partial charge on any atom is -0.309 e. The van der Waals surface area contributed by atoms with E-state index in [0.29, 0.717) is 0 Å². The Morgan fingerprint density at radius 1 is 0.433 bits per heavy atom. The predicted molar refractivity (Wildman–Crippen MR) is 239 cm³/mol. The third-order valence-corrected chi connectivity index (χ3v) is 14.9. The summed E-state index contributed by atoms with van der Waals surface area (Å²) in [7, 11) is 0. The lowest BCUT2D eigenvalue weighted by atomic mass is 9.63. The summed E-state index contributed by atoms with van der Waals surface area (Å²) in [5, 5.41) is 6.36. The van der Waals surface area contributed by atoms with Crippen LogP contribution in [0, 0.1) is 0 Å². The highest BCUT2D eigenvalue weighted by Crippen LogP contribution is 2.66. The number of hydrogen-bond acceptors (Lipinski definition) is 0. The van der Waals surface area contributed by atoms with Gasteiger partial charge in [-0.3, -0.25) is 4.57 Å². The zero-order valence-electron chi connectivity index (χ0n) is 32.3. The normalized spacial score (nSPS) is 16.9. The van der Waals surface area contributed by atoms with Crippen molar-refractivity contribution < 1.29 is 8.97 Å². The van der Waals surface area contributed by atoms with Gasteiger partial charge in [-0.05, 0) is 82.4 Å². The summed E-state index contributed by atoms with van der Waals surface area (Å²) >= 11 is 0. The van der Waals surface area contributed by atoms with Gasteiger partial charge in [0.05, 0.1) is 38.3 Å². The topological polar surface area (TPSA) is 17.8 Å². The molecular formula is C56H32N4+2. The monoisotopic (exact) mass is 760 g/mol. The van der Waals surface area contributed by atoms with Gasteiger partial charge in [0, 0.05) is 51.8 Å². The van der Waals surface area contributed by atoms with E-state index in [-0.39, 0.29) is 0 Å². The predicted octanol–water partition coefficient (Wildman–Crippen LogP) is 11.3. The molecule has 0 N–H and O–H groups in total. The molecule has 4 heteroatoms. The van der Waals surface area contributed by atoms with Crippen molar-refractivity contribution in [1.82, 2.24) is 9.13 Å². The van der Waals surface area contributed by atoms with Gasteiger partial charge in [-0.2, -0.15) is 8.97 Å². The molecule has 8 heterocycles. The van der Waals surface area contributed by atoms with E-state index in [9.17, 15) is 0 Å². The molecule has 2 spiro atoms. The van der Waals surface area contributed by atoms with Crippen LogP contribution in [0.25, 0.3) is 88.1 Å². The maximum Gasteiger partial charge on any atom is 0.309 e. The molecule has 1 unspecified atom stereocenters. The molecule has 0 saturated heterocycles. The Labute approximate surface area is 343 Å². The molecule has 60 heavy (non-hydrogen) atoms. The van der Waals surface area contributed by atoms with Crippen LogP contribution in [0.2, 0.25) is 0 Å². The number of nitrogens with zero attached hydrogens (tertiary/aromatic N) is 4. The number of aromatic nitrogens is 4. The fourth-order valence-electron chi connectivity index (χ4n) is 13.0. The minimum absolute atomic E-state index is 0.531. The Kier molecular flexibility index (Phi) is 4.99. The maximum absolute atomic E-state index is 2.82. The van der Waals surface area contributed by atoms with Crippen molar-refractivity contribution in [2.24, 2.45) is 0 Å². The molecule has 7 aromatic carbocycles. The van der Waals surface area contributed by atoms with Crippen molar-refractivity contribution in [2.75, 3.05) is 0 Å². The van der Waals surface area contributed by atoms with E-state index in [1.807, 2.05) is 0 Å². The first-order valence-electron chi connectivity index (χ1n) is 21.0. The summed E-state index contributed by atoms with van der Waals surface area (Å²) in [4.78, 5) is 0. The van der Waals surface area contributed by atoms with E-state index in [0.717, 1.165) is 0 Å². The summed E-state index contributed by atoms with van der Waals surface area (Å²) in [6, 6.07) is 71.2. The van der Waals surface area contributed by atoms with Crippen LogP contribution in [-0.2, 0) is 11.1 Å². The van der Waals surface area contributed by atoms with Crippen LogP contribution in [0.4, 0.5) is 0 Å². The summed E-state index contributed by atoms with van der Waals surface area (Å²) in [6.07, 6.45) is 2.34. The summed E-state index contributed by atoms with van der Waals surface area (Å²) < 4.78 is 10.5. The van der Waals surface area contributed by atoms with Crippen molar-refractivity contribution in [3.05, 3.63) is 228 Å². The highest BCUT2D eigenvalue weighted by Gasteiger charge is 2.69.